The number of hydrogen-bond donors (Lipinski definition) is 0. The molecule has 0 aliphatic rings. The van der Waals surface area contributed by atoms with E-state index in [9.17, 15) is 9.59 Å². The van der Waals surface area contributed by atoms with E-state index in [1.54, 1.807) is 24.3 Å². The summed E-state index contributed by atoms with van der Waals surface area (Å²) in [6.45, 7) is 4.87. The fourth-order valence-electron chi connectivity index (χ4n) is 3.94. The number of esters is 2. The first-order valence-electron chi connectivity index (χ1n) is 12.1. The van der Waals surface area contributed by atoms with Gasteiger partial charge in [0.1, 0.15) is 0 Å². The average Bonchev–Trinajstić information content (AvgIpc) is 2.85. The van der Waals surface area contributed by atoms with Crippen molar-refractivity contribution in [3.8, 4) is 0 Å². The first-order chi connectivity index (χ1) is 16.6. The molecule has 0 saturated carbocycles. The Kier molecular flexibility index (Phi) is 9.90. The fourth-order valence-corrected chi connectivity index (χ4v) is 3.94. The van der Waals surface area contributed by atoms with Gasteiger partial charge in [-0.2, -0.15) is 0 Å². The molecule has 0 N–H and O–H groups in total. The fraction of sp³-hybridized carbons (Fsp3) is 0.333. The zero-order valence-electron chi connectivity index (χ0n) is 20.2. The van der Waals surface area contributed by atoms with Crippen LogP contribution < -0.4 is 0 Å². The van der Waals surface area contributed by atoms with Gasteiger partial charge in [0.25, 0.3) is 0 Å². The van der Waals surface area contributed by atoms with Crippen LogP contribution in [0.25, 0.3) is 0 Å². The van der Waals surface area contributed by atoms with Crippen molar-refractivity contribution < 1.29 is 19.1 Å². The normalized spacial score (nSPS) is 10.6. The minimum atomic E-state index is -0.483. The number of ether oxygens (including phenoxy) is 2. The molecular weight excluding hydrogens is 424 g/mol. The van der Waals surface area contributed by atoms with Gasteiger partial charge in [-0.15, -0.1) is 0 Å². The number of carbonyl (C=O) groups excluding carboxylic acids is 2. The van der Waals surface area contributed by atoms with Crippen LogP contribution in [0.15, 0.2) is 72.8 Å². The SMILES string of the molecule is Cc1ccccc1CCCCOC(=O)c1ccccc1C(=O)OCCCCc1ccccc1C. The first-order valence-corrected chi connectivity index (χ1v) is 12.1. The molecule has 0 radical (unpaired) electrons. The molecule has 0 heterocycles. The van der Waals surface area contributed by atoms with E-state index in [4.69, 9.17) is 9.47 Å². The zero-order valence-corrected chi connectivity index (χ0v) is 20.2. The standard InChI is InChI=1S/C30H34O4/c1-23-13-3-5-15-25(23)17-9-11-21-33-29(31)27-19-7-8-20-28(27)30(32)34-22-12-10-18-26-16-6-4-14-24(26)2/h3-8,13-16,19-20H,9-12,17-18,21-22H2,1-2H3. The van der Waals surface area contributed by atoms with Crippen LogP contribution in [0.5, 0.6) is 0 Å². The lowest BCUT2D eigenvalue weighted by molar-refractivity contribution is 0.0451. The quantitative estimate of drug-likeness (QED) is 0.225. The Balaban J connectivity index is 1.41. The Morgan fingerprint density at radius 1 is 0.559 bits per heavy atom. The van der Waals surface area contributed by atoms with Crippen molar-refractivity contribution in [3.05, 3.63) is 106 Å². The van der Waals surface area contributed by atoms with Crippen molar-refractivity contribution in [1.82, 2.24) is 0 Å². The molecule has 178 valence electrons. The van der Waals surface area contributed by atoms with Crippen LogP contribution in [0.4, 0.5) is 0 Å². The molecule has 0 fully saturated rings. The van der Waals surface area contributed by atoms with Crippen LogP contribution in [0.3, 0.4) is 0 Å². The molecule has 34 heavy (non-hydrogen) atoms. The zero-order chi connectivity index (χ0) is 24.2. The highest BCUT2D eigenvalue weighted by Gasteiger charge is 2.18. The molecule has 0 aromatic heterocycles. The summed E-state index contributed by atoms with van der Waals surface area (Å²) >= 11 is 0. The summed E-state index contributed by atoms with van der Waals surface area (Å²) in [6.07, 6.45) is 5.32. The van der Waals surface area contributed by atoms with Crippen molar-refractivity contribution in [3.63, 3.8) is 0 Å². The van der Waals surface area contributed by atoms with E-state index in [0.717, 1.165) is 38.5 Å². The van der Waals surface area contributed by atoms with Crippen molar-refractivity contribution in [2.45, 2.75) is 52.4 Å². The number of benzene rings is 3. The van der Waals surface area contributed by atoms with E-state index in [2.05, 4.69) is 38.1 Å². The molecule has 0 saturated heterocycles. The number of unbranched alkanes of at least 4 members (excludes halogenated alkanes) is 2. The van der Waals surface area contributed by atoms with Gasteiger partial charge in [-0.3, -0.25) is 0 Å². The highest BCUT2D eigenvalue weighted by molar-refractivity contribution is 6.03. The number of aryl methyl sites for hydroxylation is 4. The molecule has 0 atom stereocenters. The van der Waals surface area contributed by atoms with Crippen LogP contribution >= 0.6 is 0 Å². The van der Waals surface area contributed by atoms with Gasteiger partial charge in [0.05, 0.1) is 24.3 Å². The second-order valence-electron chi connectivity index (χ2n) is 8.58. The number of carbonyl (C=O) groups is 2. The van der Waals surface area contributed by atoms with Crippen LogP contribution in [0.1, 0.15) is 68.7 Å². The third-order valence-electron chi connectivity index (χ3n) is 6.04. The second-order valence-corrected chi connectivity index (χ2v) is 8.58. The predicted octanol–water partition coefficient (Wildman–Crippen LogP) is 6.66. The topological polar surface area (TPSA) is 52.6 Å². The van der Waals surface area contributed by atoms with Crippen LogP contribution in [-0.2, 0) is 22.3 Å². The molecule has 3 aromatic rings. The van der Waals surface area contributed by atoms with Crippen molar-refractivity contribution in [2.24, 2.45) is 0 Å². The Labute approximate surface area is 202 Å². The van der Waals surface area contributed by atoms with E-state index in [1.807, 2.05) is 24.3 Å². The van der Waals surface area contributed by atoms with Gasteiger partial charge >= 0.3 is 11.9 Å². The summed E-state index contributed by atoms with van der Waals surface area (Å²) in [5.74, 6) is -0.967. The van der Waals surface area contributed by atoms with Gasteiger partial charge in [0, 0.05) is 0 Å². The minimum Gasteiger partial charge on any atom is -0.462 e. The maximum Gasteiger partial charge on any atom is 0.339 e. The monoisotopic (exact) mass is 458 g/mol. The van der Waals surface area contributed by atoms with Gasteiger partial charge in [0.2, 0.25) is 0 Å². The van der Waals surface area contributed by atoms with Crippen molar-refractivity contribution in [2.75, 3.05) is 13.2 Å². The van der Waals surface area contributed by atoms with E-state index in [1.165, 1.54) is 22.3 Å². The maximum absolute atomic E-state index is 12.6. The molecule has 3 aromatic carbocycles. The second kappa shape index (κ2) is 13.3. The Morgan fingerprint density at radius 2 is 0.941 bits per heavy atom. The summed E-state index contributed by atoms with van der Waals surface area (Å²) < 4.78 is 10.9. The first kappa shape index (κ1) is 25.2. The molecule has 0 spiro atoms. The molecule has 0 bridgehead atoms. The van der Waals surface area contributed by atoms with Crippen molar-refractivity contribution >= 4 is 11.9 Å². The molecule has 4 heteroatoms. The third-order valence-corrected chi connectivity index (χ3v) is 6.04. The third kappa shape index (κ3) is 7.58. The van der Waals surface area contributed by atoms with Crippen LogP contribution in [0.2, 0.25) is 0 Å². The van der Waals surface area contributed by atoms with E-state index >= 15 is 0 Å². The minimum absolute atomic E-state index is 0.256. The Morgan fingerprint density at radius 3 is 1.35 bits per heavy atom. The molecule has 0 amide bonds. The summed E-state index contributed by atoms with van der Waals surface area (Å²) in [4.78, 5) is 25.2. The lowest BCUT2D eigenvalue weighted by Crippen LogP contribution is -2.15. The number of rotatable bonds is 12. The molecule has 0 aliphatic carbocycles. The van der Waals surface area contributed by atoms with E-state index < -0.39 is 11.9 Å². The van der Waals surface area contributed by atoms with Gasteiger partial charge in [0.15, 0.2) is 0 Å². The Hall–Kier alpha value is -3.40. The average molecular weight is 459 g/mol. The molecule has 3 rings (SSSR count). The molecule has 4 nitrogen and oxygen atoms in total. The highest BCUT2D eigenvalue weighted by atomic mass is 16.5. The van der Waals surface area contributed by atoms with Gasteiger partial charge < -0.3 is 9.47 Å². The lowest BCUT2D eigenvalue weighted by atomic mass is 10.0. The molecular formula is C30H34O4. The van der Waals surface area contributed by atoms with Gasteiger partial charge in [-0.25, -0.2) is 9.59 Å². The van der Waals surface area contributed by atoms with E-state index in [-0.39, 0.29) is 11.1 Å². The summed E-state index contributed by atoms with van der Waals surface area (Å²) in [6, 6.07) is 23.3. The van der Waals surface area contributed by atoms with Crippen molar-refractivity contribution in [1.29, 1.82) is 0 Å². The molecule has 0 aliphatic heterocycles. The summed E-state index contributed by atoms with van der Waals surface area (Å²) in [5.41, 5.74) is 5.71. The highest BCUT2D eigenvalue weighted by Crippen LogP contribution is 2.15. The lowest BCUT2D eigenvalue weighted by Gasteiger charge is -2.10. The largest absolute Gasteiger partial charge is 0.462 e. The van der Waals surface area contributed by atoms with Gasteiger partial charge in [-0.05, 0) is 86.8 Å². The van der Waals surface area contributed by atoms with Crippen LogP contribution in [-0.4, -0.2) is 25.2 Å². The molecule has 0 unspecified atom stereocenters. The van der Waals surface area contributed by atoms with E-state index in [0.29, 0.717) is 13.2 Å². The Bertz CT molecular complexity index is 1000. The smallest absolute Gasteiger partial charge is 0.339 e. The van der Waals surface area contributed by atoms with Crippen LogP contribution in [0, 0.1) is 13.8 Å². The summed E-state index contributed by atoms with van der Waals surface area (Å²) in [7, 11) is 0. The summed E-state index contributed by atoms with van der Waals surface area (Å²) in [5, 5.41) is 0. The maximum atomic E-state index is 12.6. The van der Waals surface area contributed by atoms with Gasteiger partial charge in [-0.1, -0.05) is 60.7 Å². The number of hydrogen-bond acceptors (Lipinski definition) is 4. The predicted molar refractivity (Wildman–Crippen MR) is 135 cm³/mol.